The zero-order valence-electron chi connectivity index (χ0n) is 7.96. The lowest BCUT2D eigenvalue weighted by molar-refractivity contribution is 0.772. The average molecular weight is 165 g/mol. The van der Waals surface area contributed by atoms with Gasteiger partial charge < -0.3 is 0 Å². The molecule has 1 aromatic heterocycles. The fraction of sp³-hybridized carbons (Fsp3) is 0.667. The van der Waals surface area contributed by atoms with Crippen molar-refractivity contribution in [3.8, 4) is 0 Å². The molecule has 0 amide bonds. The molecule has 0 fully saturated rings. The summed E-state index contributed by atoms with van der Waals surface area (Å²) in [5.41, 5.74) is 0. The van der Waals surface area contributed by atoms with Gasteiger partial charge >= 0.3 is 0 Å². The fourth-order valence-corrected chi connectivity index (χ4v) is 0.996. The summed E-state index contributed by atoms with van der Waals surface area (Å²) in [6, 6.07) is 0. The van der Waals surface area contributed by atoms with E-state index in [-0.39, 0.29) is 0 Å². The summed E-state index contributed by atoms with van der Waals surface area (Å²) in [6.45, 7) is 6.19. The minimum Gasteiger partial charge on any atom is -0.218 e. The lowest BCUT2D eigenvalue weighted by Crippen LogP contribution is -2.05. The number of nitrogens with zero attached hydrogens (tertiary/aromatic N) is 3. The van der Waals surface area contributed by atoms with E-state index < -0.39 is 0 Å². The van der Waals surface area contributed by atoms with Crippen LogP contribution in [0.1, 0.15) is 38.2 Å². The third kappa shape index (κ3) is 2.00. The highest BCUT2D eigenvalue weighted by Crippen LogP contribution is 1.98. The van der Waals surface area contributed by atoms with E-state index in [2.05, 4.69) is 35.7 Å². The Morgan fingerprint density at radius 1 is 0.667 bits per heavy atom. The molecular formula is C9H15N3. The Morgan fingerprint density at radius 3 is 1.08 bits per heavy atom. The van der Waals surface area contributed by atoms with Gasteiger partial charge in [-0.15, -0.1) is 0 Å². The number of aryl methyl sites for hydroxylation is 3. The van der Waals surface area contributed by atoms with Crippen molar-refractivity contribution >= 4 is 0 Å². The number of hydrogen-bond donors (Lipinski definition) is 0. The van der Waals surface area contributed by atoms with Gasteiger partial charge in [0.05, 0.1) is 0 Å². The second-order valence-electron chi connectivity index (χ2n) is 2.64. The molecule has 0 aliphatic heterocycles. The first-order chi connectivity index (χ1) is 5.80. The van der Waals surface area contributed by atoms with Gasteiger partial charge in [-0.1, -0.05) is 20.8 Å². The van der Waals surface area contributed by atoms with Crippen molar-refractivity contribution in [2.45, 2.75) is 40.0 Å². The van der Waals surface area contributed by atoms with Gasteiger partial charge in [0.1, 0.15) is 17.5 Å². The van der Waals surface area contributed by atoms with Crippen molar-refractivity contribution in [1.29, 1.82) is 0 Å². The van der Waals surface area contributed by atoms with E-state index in [1.165, 1.54) is 0 Å². The van der Waals surface area contributed by atoms with Crippen LogP contribution in [0.4, 0.5) is 0 Å². The second kappa shape index (κ2) is 4.14. The predicted octanol–water partition coefficient (Wildman–Crippen LogP) is 1.56. The van der Waals surface area contributed by atoms with Gasteiger partial charge in [-0.2, -0.15) is 0 Å². The topological polar surface area (TPSA) is 38.7 Å². The molecule has 0 N–H and O–H groups in total. The SMILES string of the molecule is CCc1nc(CC)nc(CC)n1. The largest absolute Gasteiger partial charge is 0.218 e. The molecule has 0 spiro atoms. The Bertz CT molecular complexity index is 203. The maximum Gasteiger partial charge on any atom is 0.132 e. The molecule has 0 aliphatic carbocycles. The summed E-state index contributed by atoms with van der Waals surface area (Å²) >= 11 is 0. The van der Waals surface area contributed by atoms with Gasteiger partial charge in [0.25, 0.3) is 0 Å². The van der Waals surface area contributed by atoms with Crippen LogP contribution in [0.2, 0.25) is 0 Å². The van der Waals surface area contributed by atoms with Crippen molar-refractivity contribution in [3.05, 3.63) is 17.5 Å². The van der Waals surface area contributed by atoms with E-state index in [0.29, 0.717) is 0 Å². The normalized spacial score (nSPS) is 10.2. The molecule has 0 saturated carbocycles. The highest BCUT2D eigenvalue weighted by Gasteiger charge is 2.01. The Balaban J connectivity index is 3.01. The van der Waals surface area contributed by atoms with Crippen molar-refractivity contribution in [1.82, 2.24) is 15.0 Å². The van der Waals surface area contributed by atoms with Crippen molar-refractivity contribution in [2.75, 3.05) is 0 Å². The third-order valence-corrected chi connectivity index (χ3v) is 1.72. The Kier molecular flexibility index (Phi) is 3.14. The van der Waals surface area contributed by atoms with Crippen molar-refractivity contribution in [3.63, 3.8) is 0 Å². The molecule has 0 saturated heterocycles. The van der Waals surface area contributed by atoms with E-state index in [1.54, 1.807) is 0 Å². The fourth-order valence-electron chi connectivity index (χ4n) is 0.996. The van der Waals surface area contributed by atoms with E-state index in [1.807, 2.05) is 0 Å². The van der Waals surface area contributed by atoms with Gasteiger partial charge in [-0.3, -0.25) is 0 Å². The van der Waals surface area contributed by atoms with Gasteiger partial charge in [0, 0.05) is 19.3 Å². The molecule has 3 heteroatoms. The molecule has 1 heterocycles. The smallest absolute Gasteiger partial charge is 0.132 e. The van der Waals surface area contributed by atoms with Crippen LogP contribution >= 0.6 is 0 Å². The quantitative estimate of drug-likeness (QED) is 0.682. The summed E-state index contributed by atoms with van der Waals surface area (Å²) < 4.78 is 0. The van der Waals surface area contributed by atoms with Crippen molar-refractivity contribution in [2.24, 2.45) is 0 Å². The molecule has 1 aromatic rings. The van der Waals surface area contributed by atoms with E-state index in [0.717, 1.165) is 36.7 Å². The first-order valence-corrected chi connectivity index (χ1v) is 4.52. The molecule has 0 atom stereocenters. The molecule has 12 heavy (non-hydrogen) atoms. The molecule has 66 valence electrons. The van der Waals surface area contributed by atoms with Crippen LogP contribution in [-0.2, 0) is 19.3 Å². The molecule has 1 rings (SSSR count). The first-order valence-electron chi connectivity index (χ1n) is 4.52. The third-order valence-electron chi connectivity index (χ3n) is 1.72. The van der Waals surface area contributed by atoms with Gasteiger partial charge in [-0.05, 0) is 0 Å². The van der Waals surface area contributed by atoms with Crippen LogP contribution in [0.5, 0.6) is 0 Å². The van der Waals surface area contributed by atoms with Crippen LogP contribution in [0.15, 0.2) is 0 Å². The lowest BCUT2D eigenvalue weighted by atomic mass is 10.3. The Hall–Kier alpha value is -0.990. The maximum absolute atomic E-state index is 4.30. The zero-order chi connectivity index (χ0) is 8.97. The number of rotatable bonds is 3. The predicted molar refractivity (Wildman–Crippen MR) is 48.0 cm³/mol. The molecule has 3 nitrogen and oxygen atoms in total. The summed E-state index contributed by atoms with van der Waals surface area (Å²) in [7, 11) is 0. The highest BCUT2D eigenvalue weighted by molar-refractivity contribution is 4.97. The minimum atomic E-state index is 0.891. The number of hydrogen-bond acceptors (Lipinski definition) is 3. The molecular weight excluding hydrogens is 150 g/mol. The molecule has 0 aliphatic rings. The average Bonchev–Trinajstić information content (AvgIpc) is 2.16. The lowest BCUT2D eigenvalue weighted by Gasteiger charge is -2.01. The number of aromatic nitrogens is 3. The van der Waals surface area contributed by atoms with Gasteiger partial charge in [-0.25, -0.2) is 15.0 Å². The second-order valence-corrected chi connectivity index (χ2v) is 2.64. The van der Waals surface area contributed by atoms with Gasteiger partial charge in [0.2, 0.25) is 0 Å². The summed E-state index contributed by atoms with van der Waals surface area (Å²) in [5, 5.41) is 0. The monoisotopic (exact) mass is 165 g/mol. The summed E-state index contributed by atoms with van der Waals surface area (Å²) in [4.78, 5) is 12.9. The van der Waals surface area contributed by atoms with Crippen LogP contribution in [0.3, 0.4) is 0 Å². The first kappa shape index (κ1) is 9.10. The Labute approximate surface area is 73.3 Å². The zero-order valence-corrected chi connectivity index (χ0v) is 7.96. The van der Waals surface area contributed by atoms with E-state index in [4.69, 9.17) is 0 Å². The van der Waals surface area contributed by atoms with E-state index >= 15 is 0 Å². The molecule has 0 radical (unpaired) electrons. The summed E-state index contributed by atoms with van der Waals surface area (Å²) in [5.74, 6) is 2.75. The molecule has 0 aromatic carbocycles. The molecule has 0 unspecified atom stereocenters. The maximum atomic E-state index is 4.30. The van der Waals surface area contributed by atoms with Crippen molar-refractivity contribution < 1.29 is 0 Å². The van der Waals surface area contributed by atoms with Gasteiger partial charge in [0.15, 0.2) is 0 Å². The minimum absolute atomic E-state index is 0.891. The molecule has 0 bridgehead atoms. The summed E-state index contributed by atoms with van der Waals surface area (Å²) in [6.07, 6.45) is 2.67. The van der Waals surface area contributed by atoms with Crippen LogP contribution in [0.25, 0.3) is 0 Å². The highest BCUT2D eigenvalue weighted by atomic mass is 15.0. The Morgan fingerprint density at radius 2 is 0.917 bits per heavy atom. The van der Waals surface area contributed by atoms with Crippen LogP contribution in [-0.4, -0.2) is 15.0 Å². The standard InChI is InChI=1S/C9H15N3/c1-4-7-10-8(5-2)12-9(6-3)11-7/h4-6H2,1-3H3. The van der Waals surface area contributed by atoms with E-state index in [9.17, 15) is 0 Å². The van der Waals surface area contributed by atoms with Crippen LogP contribution < -0.4 is 0 Å². The van der Waals surface area contributed by atoms with Crippen LogP contribution in [0, 0.1) is 0 Å².